The van der Waals surface area contributed by atoms with Gasteiger partial charge in [-0.3, -0.25) is 10.1 Å². The van der Waals surface area contributed by atoms with Crippen LogP contribution in [0.4, 0.5) is 0 Å². The Bertz CT molecular complexity index is 137. The van der Waals surface area contributed by atoms with Crippen LogP contribution in [-0.2, 0) is 4.79 Å². The zero-order valence-electron chi connectivity index (χ0n) is 7.36. The molecule has 1 aliphatic rings. The van der Waals surface area contributed by atoms with Gasteiger partial charge in [0.15, 0.2) is 7.05 Å². The molecule has 0 aromatic rings. The Kier molecular flexibility index (Phi) is 6.24. The summed E-state index contributed by atoms with van der Waals surface area (Å²) >= 11 is 0. The van der Waals surface area contributed by atoms with Gasteiger partial charge < -0.3 is 4.79 Å². The predicted molar refractivity (Wildman–Crippen MR) is 45.6 cm³/mol. The van der Waals surface area contributed by atoms with Crippen LogP contribution in [0.25, 0.3) is 0 Å². The average molecular weight is 173 g/mol. The first-order chi connectivity index (χ1) is 5.66. The fraction of sp³-hybridized carbons (Fsp3) is 0.875. The Morgan fingerprint density at radius 1 is 1.33 bits per heavy atom. The molecule has 4 nitrogen and oxygen atoms in total. The summed E-state index contributed by atoms with van der Waals surface area (Å²) in [5.74, 6) is 0.406. The zero-order valence-corrected chi connectivity index (χ0v) is 7.36. The van der Waals surface area contributed by atoms with Gasteiger partial charge in [-0.1, -0.05) is 19.3 Å². The highest BCUT2D eigenvalue weighted by Crippen LogP contribution is 2.21. The average Bonchev–Trinajstić information content (AvgIpc) is 2.05. The van der Waals surface area contributed by atoms with E-state index < -0.39 is 4.92 Å². The molecule has 70 valence electrons. The summed E-state index contributed by atoms with van der Waals surface area (Å²) in [5.41, 5.74) is 0. The lowest BCUT2D eigenvalue weighted by molar-refractivity contribution is -0.445. The van der Waals surface area contributed by atoms with E-state index in [2.05, 4.69) is 0 Å². The number of carbonyl (C=O) groups excluding carboxylic acids is 1. The lowest BCUT2D eigenvalue weighted by Crippen LogP contribution is -2.06. The summed E-state index contributed by atoms with van der Waals surface area (Å²) in [6.07, 6.45) is 7.27. The van der Waals surface area contributed by atoms with Gasteiger partial charge in [0.05, 0.1) is 0 Å². The van der Waals surface area contributed by atoms with Gasteiger partial charge in [0.1, 0.15) is 6.29 Å². The molecule has 0 aliphatic heterocycles. The molecular weight excluding hydrogens is 158 g/mol. The van der Waals surface area contributed by atoms with Crippen LogP contribution < -0.4 is 0 Å². The molecule has 0 aromatic heterocycles. The van der Waals surface area contributed by atoms with E-state index in [1.807, 2.05) is 0 Å². The topological polar surface area (TPSA) is 60.2 Å². The molecule has 0 heterocycles. The summed E-state index contributed by atoms with van der Waals surface area (Å²) in [7, 11) is 0.889. The number of hydrogen-bond acceptors (Lipinski definition) is 3. The molecule has 0 atom stereocenters. The van der Waals surface area contributed by atoms with Gasteiger partial charge in [-0.05, 0) is 12.8 Å². The molecular formula is C8H15NO3. The minimum Gasteiger partial charge on any atom is -0.303 e. The van der Waals surface area contributed by atoms with Gasteiger partial charge >= 0.3 is 0 Å². The van der Waals surface area contributed by atoms with Crippen LogP contribution in [0.2, 0.25) is 0 Å². The van der Waals surface area contributed by atoms with E-state index in [1.165, 1.54) is 19.3 Å². The highest BCUT2D eigenvalue weighted by molar-refractivity contribution is 5.53. The molecule has 0 N–H and O–H groups in total. The number of nitro groups is 1. The maximum absolute atomic E-state index is 10.2. The first kappa shape index (κ1) is 11.1. The van der Waals surface area contributed by atoms with Crippen LogP contribution >= 0.6 is 0 Å². The van der Waals surface area contributed by atoms with Crippen LogP contribution in [0.1, 0.15) is 32.1 Å². The van der Waals surface area contributed by atoms with Gasteiger partial charge in [-0.2, -0.15) is 0 Å². The van der Waals surface area contributed by atoms with E-state index >= 15 is 0 Å². The minimum absolute atomic E-state index is 0.406. The fourth-order valence-corrected chi connectivity index (χ4v) is 1.27. The van der Waals surface area contributed by atoms with E-state index in [0.29, 0.717) is 5.92 Å². The summed E-state index contributed by atoms with van der Waals surface area (Å²) in [5, 5.41) is 8.81. The minimum atomic E-state index is -0.500. The van der Waals surface area contributed by atoms with E-state index in [4.69, 9.17) is 10.1 Å². The first-order valence-corrected chi connectivity index (χ1v) is 4.20. The van der Waals surface area contributed by atoms with Crippen LogP contribution in [0.5, 0.6) is 0 Å². The third-order valence-corrected chi connectivity index (χ3v) is 1.84. The molecule has 4 heteroatoms. The summed E-state index contributed by atoms with van der Waals surface area (Å²) in [6.45, 7) is 0. The van der Waals surface area contributed by atoms with Crippen molar-refractivity contribution in [1.29, 1.82) is 0 Å². The molecule has 1 saturated carbocycles. The molecule has 0 radical (unpaired) electrons. The van der Waals surface area contributed by atoms with Crippen LogP contribution in [0, 0.1) is 16.0 Å². The largest absolute Gasteiger partial charge is 0.303 e. The van der Waals surface area contributed by atoms with Crippen molar-refractivity contribution in [2.45, 2.75) is 32.1 Å². The number of aldehydes is 1. The SMILES string of the molecule is C[N+](=O)[O-].O=CC1CCCCC1. The van der Waals surface area contributed by atoms with Gasteiger partial charge in [0.2, 0.25) is 0 Å². The van der Waals surface area contributed by atoms with Crippen molar-refractivity contribution in [2.75, 3.05) is 7.05 Å². The van der Waals surface area contributed by atoms with Gasteiger partial charge in [0, 0.05) is 10.8 Å². The van der Waals surface area contributed by atoms with Crippen molar-refractivity contribution in [2.24, 2.45) is 5.92 Å². The molecule has 0 aromatic carbocycles. The van der Waals surface area contributed by atoms with Crippen molar-refractivity contribution in [3.05, 3.63) is 10.1 Å². The molecule has 1 aliphatic carbocycles. The molecule has 0 spiro atoms. The van der Waals surface area contributed by atoms with Crippen LogP contribution in [0.15, 0.2) is 0 Å². The van der Waals surface area contributed by atoms with Gasteiger partial charge in [-0.25, -0.2) is 0 Å². The number of nitrogens with zero attached hydrogens (tertiary/aromatic N) is 1. The van der Waals surface area contributed by atoms with Crippen molar-refractivity contribution >= 4 is 6.29 Å². The second kappa shape index (κ2) is 6.76. The Morgan fingerprint density at radius 3 is 2.00 bits per heavy atom. The van der Waals surface area contributed by atoms with Crippen molar-refractivity contribution in [1.82, 2.24) is 0 Å². The predicted octanol–water partition coefficient (Wildman–Crippen LogP) is 1.66. The Labute approximate surface area is 72.1 Å². The number of rotatable bonds is 1. The standard InChI is InChI=1S/C7H12O.CH3NO2/c8-6-7-4-2-1-3-5-7;1-2(3)4/h6-7H,1-5H2;1H3. The first-order valence-electron chi connectivity index (χ1n) is 4.20. The van der Waals surface area contributed by atoms with Crippen LogP contribution in [0.3, 0.4) is 0 Å². The molecule has 0 unspecified atom stereocenters. The third-order valence-electron chi connectivity index (χ3n) is 1.84. The Hall–Kier alpha value is -0.930. The van der Waals surface area contributed by atoms with Gasteiger partial charge in [0.25, 0.3) is 0 Å². The second-order valence-corrected chi connectivity index (χ2v) is 2.97. The maximum Gasteiger partial charge on any atom is 0.194 e. The lowest BCUT2D eigenvalue weighted by Gasteiger charge is -2.14. The fourth-order valence-electron chi connectivity index (χ4n) is 1.27. The molecule has 0 bridgehead atoms. The quantitative estimate of drug-likeness (QED) is 0.344. The Morgan fingerprint density at radius 2 is 1.75 bits per heavy atom. The normalized spacial score (nSPS) is 17.4. The van der Waals surface area contributed by atoms with Crippen molar-refractivity contribution < 1.29 is 9.72 Å². The Balaban J connectivity index is 0.000000261. The van der Waals surface area contributed by atoms with E-state index in [-0.39, 0.29) is 0 Å². The second-order valence-electron chi connectivity index (χ2n) is 2.97. The van der Waals surface area contributed by atoms with Crippen LogP contribution in [-0.4, -0.2) is 18.3 Å². The zero-order chi connectivity index (χ0) is 9.40. The molecule has 0 amide bonds. The number of carbonyl (C=O) groups is 1. The van der Waals surface area contributed by atoms with Crippen molar-refractivity contribution in [3.63, 3.8) is 0 Å². The molecule has 1 fully saturated rings. The number of hydrogen-bond donors (Lipinski definition) is 0. The highest BCUT2D eigenvalue weighted by atomic mass is 16.6. The van der Waals surface area contributed by atoms with Gasteiger partial charge in [-0.15, -0.1) is 0 Å². The monoisotopic (exact) mass is 173 g/mol. The molecule has 12 heavy (non-hydrogen) atoms. The maximum atomic E-state index is 10.2. The van der Waals surface area contributed by atoms with Crippen molar-refractivity contribution in [3.8, 4) is 0 Å². The van der Waals surface area contributed by atoms with E-state index in [0.717, 1.165) is 26.2 Å². The summed E-state index contributed by atoms with van der Waals surface area (Å²) in [6, 6.07) is 0. The third kappa shape index (κ3) is 7.18. The smallest absolute Gasteiger partial charge is 0.194 e. The van der Waals surface area contributed by atoms with E-state index in [1.54, 1.807) is 0 Å². The molecule has 0 saturated heterocycles. The highest BCUT2D eigenvalue weighted by Gasteiger charge is 2.10. The summed E-state index contributed by atoms with van der Waals surface area (Å²) in [4.78, 5) is 18.5. The molecule has 1 rings (SSSR count). The van der Waals surface area contributed by atoms with E-state index in [9.17, 15) is 4.79 Å². The lowest BCUT2D eigenvalue weighted by atomic mass is 9.91. The summed E-state index contributed by atoms with van der Waals surface area (Å²) < 4.78 is 0.